The normalized spacial score (nSPS) is 19.3. The number of nitrogens with one attached hydrogen (secondary N) is 2. The van der Waals surface area contributed by atoms with E-state index in [-0.39, 0.29) is 18.4 Å². The molecule has 19 heavy (non-hydrogen) atoms. The summed E-state index contributed by atoms with van der Waals surface area (Å²) in [7, 11) is 0. The van der Waals surface area contributed by atoms with E-state index in [4.69, 9.17) is 0 Å². The van der Waals surface area contributed by atoms with Crippen LogP contribution in [0.1, 0.15) is 24.8 Å². The van der Waals surface area contributed by atoms with Crippen molar-refractivity contribution in [2.24, 2.45) is 5.41 Å². The lowest BCUT2D eigenvalue weighted by atomic mass is 10.0. The summed E-state index contributed by atoms with van der Waals surface area (Å²) in [4.78, 5) is 23.3. The number of carbonyl (C=O) groups excluding carboxylic acids is 2. The van der Waals surface area contributed by atoms with Gasteiger partial charge in [0, 0.05) is 17.8 Å². The van der Waals surface area contributed by atoms with Crippen LogP contribution in [0.25, 0.3) is 0 Å². The lowest BCUT2D eigenvalue weighted by molar-refractivity contribution is -0.122. The average molecular weight is 260 g/mol. The largest absolute Gasteiger partial charge is 0.395 e. The Morgan fingerprint density at radius 2 is 2.16 bits per heavy atom. The molecular weight excluding hydrogens is 244 g/mol. The molecule has 0 atom stereocenters. The van der Waals surface area contributed by atoms with Gasteiger partial charge in [0.25, 0.3) is 0 Å². The van der Waals surface area contributed by atoms with E-state index in [1.54, 1.807) is 12.1 Å². The monoisotopic (exact) mass is 260 g/mol. The second kappa shape index (κ2) is 4.35. The number of benzene rings is 1. The van der Waals surface area contributed by atoms with Crippen molar-refractivity contribution >= 4 is 23.2 Å². The highest BCUT2D eigenvalue weighted by Crippen LogP contribution is 2.46. The molecule has 5 heteroatoms. The molecular formula is C14H16N2O3. The summed E-state index contributed by atoms with van der Waals surface area (Å²) in [6.45, 7) is -0.0974. The third-order valence-corrected chi connectivity index (χ3v) is 3.90. The predicted octanol–water partition coefficient (Wildman–Crippen LogP) is 1.28. The molecule has 0 unspecified atom stereocenters. The molecule has 1 aromatic rings. The summed E-state index contributed by atoms with van der Waals surface area (Å²) < 4.78 is 0. The van der Waals surface area contributed by atoms with Crippen molar-refractivity contribution in [1.29, 1.82) is 0 Å². The zero-order valence-corrected chi connectivity index (χ0v) is 10.5. The molecule has 2 aliphatic rings. The fourth-order valence-electron chi connectivity index (χ4n) is 2.33. The highest BCUT2D eigenvalue weighted by molar-refractivity contribution is 5.98. The van der Waals surface area contributed by atoms with Gasteiger partial charge in [-0.25, -0.2) is 0 Å². The van der Waals surface area contributed by atoms with Gasteiger partial charge in [-0.2, -0.15) is 0 Å². The van der Waals surface area contributed by atoms with Crippen molar-refractivity contribution in [3.63, 3.8) is 0 Å². The number of amides is 2. The molecule has 0 radical (unpaired) electrons. The molecule has 1 aliphatic carbocycles. The van der Waals surface area contributed by atoms with Crippen LogP contribution in [0, 0.1) is 5.41 Å². The van der Waals surface area contributed by atoms with Crippen molar-refractivity contribution in [2.75, 3.05) is 17.2 Å². The second-order valence-corrected chi connectivity index (χ2v) is 5.31. The smallest absolute Gasteiger partial charge is 0.232 e. The number of fused-ring (bicyclic) bond motifs is 1. The minimum atomic E-state index is -0.565. The van der Waals surface area contributed by atoms with E-state index >= 15 is 0 Å². The fraction of sp³-hybridized carbons (Fsp3) is 0.429. The zero-order valence-electron chi connectivity index (χ0n) is 10.5. The topological polar surface area (TPSA) is 78.4 Å². The second-order valence-electron chi connectivity index (χ2n) is 5.31. The Labute approximate surface area is 111 Å². The number of hydrogen-bond acceptors (Lipinski definition) is 3. The maximum Gasteiger partial charge on any atom is 0.232 e. The summed E-state index contributed by atoms with van der Waals surface area (Å²) >= 11 is 0. The van der Waals surface area contributed by atoms with E-state index in [1.807, 2.05) is 6.07 Å². The molecule has 1 fully saturated rings. The van der Waals surface area contributed by atoms with Gasteiger partial charge in [0.1, 0.15) is 0 Å². The third kappa shape index (κ3) is 2.21. The van der Waals surface area contributed by atoms with Gasteiger partial charge in [0.15, 0.2) is 0 Å². The molecule has 5 nitrogen and oxygen atoms in total. The lowest BCUT2D eigenvalue weighted by Gasteiger charge is -2.18. The van der Waals surface area contributed by atoms with Gasteiger partial charge in [-0.15, -0.1) is 0 Å². The molecule has 0 spiro atoms. The summed E-state index contributed by atoms with van der Waals surface area (Å²) in [6, 6.07) is 5.47. The molecule has 1 aromatic carbocycles. The number of aliphatic hydroxyl groups excluding tert-OH is 1. The maximum absolute atomic E-state index is 12.0. The van der Waals surface area contributed by atoms with Crippen LogP contribution in [0.3, 0.4) is 0 Å². The Hall–Kier alpha value is -1.88. The van der Waals surface area contributed by atoms with Gasteiger partial charge in [0.2, 0.25) is 11.8 Å². The van der Waals surface area contributed by atoms with Crippen molar-refractivity contribution < 1.29 is 14.7 Å². The van der Waals surface area contributed by atoms with Crippen LogP contribution in [0.5, 0.6) is 0 Å². The summed E-state index contributed by atoms with van der Waals surface area (Å²) in [5, 5.41) is 14.9. The van der Waals surface area contributed by atoms with Gasteiger partial charge in [-0.3, -0.25) is 9.59 Å². The van der Waals surface area contributed by atoms with E-state index in [1.165, 1.54) is 0 Å². The quantitative estimate of drug-likeness (QED) is 0.766. The Morgan fingerprint density at radius 3 is 2.84 bits per heavy atom. The average Bonchev–Trinajstić information content (AvgIpc) is 3.20. The first kappa shape index (κ1) is 12.2. The molecule has 100 valence electrons. The summed E-state index contributed by atoms with van der Waals surface area (Å²) in [5.74, 6) is -0.0868. The maximum atomic E-state index is 12.0. The van der Waals surface area contributed by atoms with E-state index in [0.717, 1.165) is 29.8 Å². The molecule has 2 amide bonds. The first-order valence-electron chi connectivity index (χ1n) is 6.48. The molecule has 1 saturated carbocycles. The number of rotatable bonds is 3. The zero-order chi connectivity index (χ0) is 13.5. The molecule has 1 heterocycles. The Kier molecular flexibility index (Phi) is 2.78. The van der Waals surface area contributed by atoms with Crippen LogP contribution in [-0.2, 0) is 16.0 Å². The highest BCUT2D eigenvalue weighted by Gasteiger charge is 2.49. The number of aliphatic hydroxyl groups is 1. The van der Waals surface area contributed by atoms with Crippen LogP contribution < -0.4 is 10.6 Å². The van der Waals surface area contributed by atoms with Crippen LogP contribution in [0.15, 0.2) is 18.2 Å². The lowest BCUT2D eigenvalue weighted by Crippen LogP contribution is -2.27. The van der Waals surface area contributed by atoms with E-state index in [2.05, 4.69) is 10.6 Å². The molecule has 3 rings (SSSR count). The standard InChI is InChI=1S/C14H16N2O3/c17-8-14(5-6-14)13(19)15-10-2-3-11-9(7-10)1-4-12(18)16-11/h2-3,7,17H,1,4-6,8H2,(H,15,19)(H,16,18). The third-order valence-electron chi connectivity index (χ3n) is 3.90. The van der Waals surface area contributed by atoms with Gasteiger partial charge >= 0.3 is 0 Å². The SMILES string of the molecule is O=C1CCc2cc(NC(=O)C3(CO)CC3)ccc2N1. The van der Waals surface area contributed by atoms with Crippen molar-refractivity contribution in [3.8, 4) is 0 Å². The van der Waals surface area contributed by atoms with Gasteiger partial charge < -0.3 is 15.7 Å². The van der Waals surface area contributed by atoms with E-state index in [0.29, 0.717) is 12.8 Å². The Balaban J connectivity index is 1.76. The van der Waals surface area contributed by atoms with Gasteiger partial charge in [0.05, 0.1) is 12.0 Å². The summed E-state index contributed by atoms with van der Waals surface area (Å²) in [5.41, 5.74) is 2.01. The summed E-state index contributed by atoms with van der Waals surface area (Å²) in [6.07, 6.45) is 2.66. The van der Waals surface area contributed by atoms with Crippen LogP contribution in [0.4, 0.5) is 11.4 Å². The molecule has 3 N–H and O–H groups in total. The highest BCUT2D eigenvalue weighted by atomic mass is 16.3. The van der Waals surface area contributed by atoms with Crippen molar-refractivity contribution in [1.82, 2.24) is 0 Å². The van der Waals surface area contributed by atoms with Crippen molar-refractivity contribution in [3.05, 3.63) is 23.8 Å². The fourth-order valence-corrected chi connectivity index (χ4v) is 2.33. The predicted molar refractivity (Wildman–Crippen MR) is 70.8 cm³/mol. The first-order chi connectivity index (χ1) is 9.13. The Bertz CT molecular complexity index is 550. The van der Waals surface area contributed by atoms with Crippen LogP contribution in [0.2, 0.25) is 0 Å². The van der Waals surface area contributed by atoms with Crippen molar-refractivity contribution in [2.45, 2.75) is 25.7 Å². The van der Waals surface area contributed by atoms with Gasteiger partial charge in [-0.1, -0.05) is 0 Å². The van der Waals surface area contributed by atoms with Crippen LogP contribution >= 0.6 is 0 Å². The molecule has 0 aromatic heterocycles. The molecule has 0 saturated heterocycles. The van der Waals surface area contributed by atoms with Gasteiger partial charge in [-0.05, 0) is 43.0 Å². The minimum absolute atomic E-state index is 0.0292. The number of carbonyl (C=O) groups is 2. The minimum Gasteiger partial charge on any atom is -0.395 e. The number of hydrogen-bond donors (Lipinski definition) is 3. The van der Waals surface area contributed by atoms with E-state index in [9.17, 15) is 14.7 Å². The molecule has 0 bridgehead atoms. The first-order valence-corrected chi connectivity index (χ1v) is 6.48. The number of anilines is 2. The Morgan fingerprint density at radius 1 is 1.37 bits per heavy atom. The van der Waals surface area contributed by atoms with Crippen LogP contribution in [-0.4, -0.2) is 23.5 Å². The van der Waals surface area contributed by atoms with E-state index < -0.39 is 5.41 Å². The number of aryl methyl sites for hydroxylation is 1. The molecule has 1 aliphatic heterocycles.